The highest BCUT2D eigenvalue weighted by molar-refractivity contribution is 6.30. The van der Waals surface area contributed by atoms with Gasteiger partial charge in [0.05, 0.1) is 5.69 Å². The highest BCUT2D eigenvalue weighted by Gasteiger charge is 2.27. The molecule has 0 fully saturated rings. The largest absolute Gasteiger partial charge is 0.441 e. The monoisotopic (exact) mass is 324 g/mol. The number of rotatable bonds is 2. The Bertz CT molecular complexity index is 856. The molecule has 1 aliphatic rings. The number of oxazole rings is 1. The lowest BCUT2D eigenvalue weighted by Crippen LogP contribution is -2.14. The normalized spacial score (nSPS) is 17.0. The van der Waals surface area contributed by atoms with Crippen LogP contribution in [0.1, 0.15) is 35.1 Å². The average molecular weight is 325 g/mol. The van der Waals surface area contributed by atoms with Crippen molar-refractivity contribution in [3.63, 3.8) is 0 Å². The Morgan fingerprint density at radius 1 is 1.22 bits per heavy atom. The van der Waals surface area contributed by atoms with Crippen LogP contribution in [0, 0.1) is 6.92 Å². The molecule has 0 N–H and O–H groups in total. The Kier molecular flexibility index (Phi) is 3.66. The Labute approximate surface area is 140 Å². The molecule has 1 aliphatic carbocycles. The lowest BCUT2D eigenvalue weighted by molar-refractivity contribution is 0.460. The van der Waals surface area contributed by atoms with E-state index in [0.717, 1.165) is 36.3 Å². The minimum absolute atomic E-state index is 0.418. The number of nitrogens with zero attached hydrogens (tertiary/aromatic N) is 2. The van der Waals surface area contributed by atoms with Crippen molar-refractivity contribution < 1.29 is 4.42 Å². The van der Waals surface area contributed by atoms with Crippen LogP contribution < -0.4 is 0 Å². The Morgan fingerprint density at radius 2 is 2.13 bits per heavy atom. The van der Waals surface area contributed by atoms with Gasteiger partial charge in [-0.15, -0.1) is 0 Å². The van der Waals surface area contributed by atoms with Gasteiger partial charge in [0.1, 0.15) is 5.76 Å². The standard InChI is InChI=1S/C19H17ClN2O/c1-12-4-3-9-21-18(12)13-7-8-17-16(11-13)22-19(23-17)14-5-2-6-15(20)10-14/h2-6,9-10,13H,7-8,11H2,1H3. The van der Waals surface area contributed by atoms with Crippen molar-refractivity contribution in [2.45, 2.75) is 32.1 Å². The van der Waals surface area contributed by atoms with Gasteiger partial charge in [0.2, 0.25) is 5.89 Å². The van der Waals surface area contributed by atoms with Crippen LogP contribution in [0.4, 0.5) is 0 Å². The summed E-state index contributed by atoms with van der Waals surface area (Å²) in [6.45, 7) is 2.12. The van der Waals surface area contributed by atoms with Crippen molar-refractivity contribution in [2.75, 3.05) is 0 Å². The van der Waals surface area contributed by atoms with E-state index in [1.165, 1.54) is 11.3 Å². The third kappa shape index (κ3) is 2.77. The van der Waals surface area contributed by atoms with Gasteiger partial charge in [-0.1, -0.05) is 23.7 Å². The number of pyridine rings is 1. The van der Waals surface area contributed by atoms with Gasteiger partial charge in [0.25, 0.3) is 0 Å². The topological polar surface area (TPSA) is 38.9 Å². The molecule has 23 heavy (non-hydrogen) atoms. The molecule has 2 aromatic heterocycles. The number of aryl methyl sites for hydroxylation is 2. The molecule has 1 atom stereocenters. The zero-order valence-corrected chi connectivity index (χ0v) is 13.7. The molecule has 4 rings (SSSR count). The minimum atomic E-state index is 0.418. The van der Waals surface area contributed by atoms with Crippen molar-refractivity contribution in [3.8, 4) is 11.5 Å². The van der Waals surface area contributed by atoms with E-state index in [9.17, 15) is 0 Å². The molecule has 2 heterocycles. The lowest BCUT2D eigenvalue weighted by atomic mass is 9.86. The summed E-state index contributed by atoms with van der Waals surface area (Å²) >= 11 is 6.06. The summed E-state index contributed by atoms with van der Waals surface area (Å²) in [4.78, 5) is 9.29. The van der Waals surface area contributed by atoms with Crippen molar-refractivity contribution >= 4 is 11.6 Å². The van der Waals surface area contributed by atoms with Crippen molar-refractivity contribution in [1.82, 2.24) is 9.97 Å². The van der Waals surface area contributed by atoms with Gasteiger partial charge < -0.3 is 4.42 Å². The van der Waals surface area contributed by atoms with Crippen LogP contribution in [-0.2, 0) is 12.8 Å². The highest BCUT2D eigenvalue weighted by Crippen LogP contribution is 2.35. The number of aromatic nitrogens is 2. The molecular formula is C19H17ClN2O. The third-order valence-corrected chi connectivity index (χ3v) is 4.68. The third-order valence-electron chi connectivity index (χ3n) is 4.45. The van der Waals surface area contributed by atoms with Crippen molar-refractivity contribution in [1.29, 1.82) is 0 Å². The number of fused-ring (bicyclic) bond motifs is 1. The Balaban J connectivity index is 1.65. The molecule has 0 saturated carbocycles. The van der Waals surface area contributed by atoms with Crippen LogP contribution in [-0.4, -0.2) is 9.97 Å². The van der Waals surface area contributed by atoms with Gasteiger partial charge in [-0.2, -0.15) is 0 Å². The second-order valence-corrected chi connectivity index (χ2v) is 6.48. The fraction of sp³-hybridized carbons (Fsp3) is 0.263. The molecule has 3 nitrogen and oxygen atoms in total. The summed E-state index contributed by atoms with van der Waals surface area (Å²) in [5.74, 6) is 2.08. The van der Waals surface area contributed by atoms with Gasteiger partial charge in [-0.3, -0.25) is 4.98 Å². The van der Waals surface area contributed by atoms with E-state index in [1.807, 2.05) is 36.5 Å². The second kappa shape index (κ2) is 5.82. The molecule has 0 saturated heterocycles. The summed E-state index contributed by atoms with van der Waals surface area (Å²) in [6, 6.07) is 11.7. The first-order valence-corrected chi connectivity index (χ1v) is 8.24. The van der Waals surface area contributed by atoms with E-state index >= 15 is 0 Å². The van der Waals surface area contributed by atoms with E-state index in [0.29, 0.717) is 16.8 Å². The smallest absolute Gasteiger partial charge is 0.226 e. The van der Waals surface area contributed by atoms with Crippen molar-refractivity contribution in [2.24, 2.45) is 0 Å². The van der Waals surface area contributed by atoms with Gasteiger partial charge >= 0.3 is 0 Å². The van der Waals surface area contributed by atoms with Gasteiger partial charge in [0.15, 0.2) is 0 Å². The molecule has 3 aromatic rings. The number of halogens is 1. The summed E-state index contributed by atoms with van der Waals surface area (Å²) in [7, 11) is 0. The summed E-state index contributed by atoms with van der Waals surface area (Å²) in [6.07, 6.45) is 4.72. The van der Waals surface area contributed by atoms with E-state index in [2.05, 4.69) is 18.0 Å². The van der Waals surface area contributed by atoms with Crippen LogP contribution in [0.3, 0.4) is 0 Å². The quantitative estimate of drug-likeness (QED) is 0.668. The molecule has 0 spiro atoms. The zero-order valence-electron chi connectivity index (χ0n) is 12.9. The van der Waals surface area contributed by atoms with Crippen molar-refractivity contribution in [3.05, 3.63) is 70.3 Å². The molecule has 116 valence electrons. The van der Waals surface area contributed by atoms with Crippen LogP contribution >= 0.6 is 11.6 Å². The number of hydrogen-bond acceptors (Lipinski definition) is 3. The molecule has 0 aliphatic heterocycles. The molecule has 1 aromatic carbocycles. The van der Waals surface area contributed by atoms with Gasteiger partial charge in [0, 0.05) is 41.2 Å². The minimum Gasteiger partial charge on any atom is -0.441 e. The Morgan fingerprint density at radius 3 is 2.96 bits per heavy atom. The predicted molar refractivity (Wildman–Crippen MR) is 90.7 cm³/mol. The maximum absolute atomic E-state index is 6.06. The lowest BCUT2D eigenvalue weighted by Gasteiger charge is -2.21. The summed E-state index contributed by atoms with van der Waals surface area (Å²) in [5, 5.41) is 0.695. The highest BCUT2D eigenvalue weighted by atomic mass is 35.5. The first-order valence-electron chi connectivity index (χ1n) is 7.87. The number of hydrogen-bond donors (Lipinski definition) is 0. The maximum atomic E-state index is 6.06. The molecular weight excluding hydrogens is 308 g/mol. The molecule has 1 unspecified atom stereocenters. The first kappa shape index (κ1) is 14.5. The van der Waals surface area contributed by atoms with E-state index in [-0.39, 0.29) is 0 Å². The van der Waals surface area contributed by atoms with Crippen LogP contribution in [0.5, 0.6) is 0 Å². The average Bonchev–Trinajstić information content (AvgIpc) is 2.98. The molecule has 4 heteroatoms. The second-order valence-electron chi connectivity index (χ2n) is 6.04. The zero-order chi connectivity index (χ0) is 15.8. The predicted octanol–water partition coefficient (Wildman–Crippen LogP) is 4.97. The van der Waals surface area contributed by atoms with Crippen LogP contribution in [0.25, 0.3) is 11.5 Å². The molecule has 0 bridgehead atoms. The van der Waals surface area contributed by atoms with Crippen LogP contribution in [0.15, 0.2) is 47.0 Å². The fourth-order valence-electron chi connectivity index (χ4n) is 3.28. The molecule has 0 amide bonds. The first-order chi connectivity index (χ1) is 11.2. The fourth-order valence-corrected chi connectivity index (χ4v) is 3.47. The number of benzene rings is 1. The summed E-state index contributed by atoms with van der Waals surface area (Å²) in [5.41, 5.74) is 4.42. The van der Waals surface area contributed by atoms with E-state index in [1.54, 1.807) is 0 Å². The van der Waals surface area contributed by atoms with Crippen LogP contribution in [0.2, 0.25) is 5.02 Å². The maximum Gasteiger partial charge on any atom is 0.226 e. The molecule has 0 radical (unpaired) electrons. The summed E-state index contributed by atoms with van der Waals surface area (Å²) < 4.78 is 5.97. The SMILES string of the molecule is Cc1cccnc1C1CCc2oc(-c3cccc(Cl)c3)nc2C1. The van der Waals surface area contributed by atoms with E-state index in [4.69, 9.17) is 21.0 Å². The Hall–Kier alpha value is -2.13. The van der Waals surface area contributed by atoms with E-state index < -0.39 is 0 Å². The van der Waals surface area contributed by atoms with Gasteiger partial charge in [-0.25, -0.2) is 4.98 Å². The van der Waals surface area contributed by atoms with Gasteiger partial charge in [-0.05, 0) is 43.2 Å².